The Balaban J connectivity index is 1.80. The van der Waals surface area contributed by atoms with Crippen LogP contribution in [0.25, 0.3) is 0 Å². The number of aliphatic hydroxyl groups is 1. The van der Waals surface area contributed by atoms with Crippen molar-refractivity contribution in [1.82, 2.24) is 9.03 Å². The van der Waals surface area contributed by atoms with Gasteiger partial charge < -0.3 is 9.84 Å². The second-order valence-corrected chi connectivity index (χ2v) is 6.78. The van der Waals surface area contributed by atoms with Crippen molar-refractivity contribution in [2.45, 2.75) is 18.6 Å². The van der Waals surface area contributed by atoms with Crippen molar-refractivity contribution in [3.8, 4) is 0 Å². The molecule has 1 aromatic rings. The lowest BCUT2D eigenvalue weighted by atomic mass is 10.1. The van der Waals surface area contributed by atoms with Gasteiger partial charge in [0.1, 0.15) is 0 Å². The Labute approximate surface area is 118 Å². The fraction of sp³-hybridized carbons (Fsp3) is 0.538. The second kappa shape index (κ2) is 5.42. The second-order valence-electron chi connectivity index (χ2n) is 5.08. The van der Waals surface area contributed by atoms with Crippen molar-refractivity contribution < 1.29 is 18.3 Å². The lowest BCUT2D eigenvalue weighted by Gasteiger charge is -2.28. The first-order valence-corrected chi connectivity index (χ1v) is 8.13. The third-order valence-corrected chi connectivity index (χ3v) is 5.39. The Morgan fingerprint density at radius 1 is 1.25 bits per heavy atom. The van der Waals surface area contributed by atoms with Gasteiger partial charge in [-0.3, -0.25) is 0 Å². The number of hydrogen-bond donors (Lipinski definition) is 2. The summed E-state index contributed by atoms with van der Waals surface area (Å²) in [7, 11) is -3.60. The Kier molecular flexibility index (Phi) is 3.78. The molecule has 0 amide bonds. The van der Waals surface area contributed by atoms with Crippen LogP contribution in [0.15, 0.2) is 24.3 Å². The molecule has 0 aromatic heterocycles. The van der Waals surface area contributed by atoms with Crippen molar-refractivity contribution in [1.29, 1.82) is 0 Å². The largest absolute Gasteiger partial charge is 0.391 e. The summed E-state index contributed by atoms with van der Waals surface area (Å²) in [5, 5.41) is 10.1. The van der Waals surface area contributed by atoms with Crippen LogP contribution in [0.2, 0.25) is 0 Å². The monoisotopic (exact) mass is 298 g/mol. The van der Waals surface area contributed by atoms with Crippen molar-refractivity contribution in [2.24, 2.45) is 0 Å². The Bertz CT molecular complexity index is 584. The maximum absolute atomic E-state index is 12.3. The van der Waals surface area contributed by atoms with Crippen LogP contribution in [0, 0.1) is 0 Å². The molecule has 2 atom stereocenters. The van der Waals surface area contributed by atoms with E-state index in [1.54, 1.807) is 0 Å². The highest BCUT2D eigenvalue weighted by Gasteiger charge is 2.36. The number of hydrogen-bond acceptors (Lipinski definition) is 4. The van der Waals surface area contributed by atoms with Gasteiger partial charge in [0.2, 0.25) is 0 Å². The minimum absolute atomic E-state index is 0.347. The molecule has 2 aliphatic rings. The van der Waals surface area contributed by atoms with E-state index in [1.807, 2.05) is 24.3 Å². The van der Waals surface area contributed by atoms with E-state index >= 15 is 0 Å². The van der Waals surface area contributed by atoms with Gasteiger partial charge in [-0.25, -0.2) is 0 Å². The molecular weight excluding hydrogens is 280 g/mol. The normalized spacial score (nSPS) is 27.4. The third-order valence-electron chi connectivity index (χ3n) is 3.79. The number of nitrogens with one attached hydrogen (secondary N) is 1. The number of benzene rings is 1. The molecule has 1 aliphatic carbocycles. The van der Waals surface area contributed by atoms with Crippen LogP contribution in [-0.4, -0.2) is 50.2 Å². The number of aliphatic hydroxyl groups excluding tert-OH is 1. The molecule has 2 N–H and O–H groups in total. The molecule has 0 unspecified atom stereocenters. The van der Waals surface area contributed by atoms with Crippen molar-refractivity contribution >= 4 is 10.2 Å². The molecule has 110 valence electrons. The topological polar surface area (TPSA) is 78.9 Å². The van der Waals surface area contributed by atoms with E-state index in [0.29, 0.717) is 32.7 Å². The van der Waals surface area contributed by atoms with Crippen LogP contribution in [0.5, 0.6) is 0 Å². The maximum Gasteiger partial charge on any atom is 0.280 e. The van der Waals surface area contributed by atoms with Gasteiger partial charge in [-0.1, -0.05) is 24.3 Å². The summed E-state index contributed by atoms with van der Waals surface area (Å²) in [6.45, 7) is 1.51. The zero-order chi connectivity index (χ0) is 14.2. The highest BCUT2D eigenvalue weighted by Crippen LogP contribution is 2.32. The average Bonchev–Trinajstić information content (AvgIpc) is 2.76. The molecule has 1 aromatic carbocycles. The summed E-state index contributed by atoms with van der Waals surface area (Å²) in [4.78, 5) is 0. The lowest BCUT2D eigenvalue weighted by molar-refractivity contribution is 0.0716. The van der Waals surface area contributed by atoms with Gasteiger partial charge in [-0.05, 0) is 11.1 Å². The molecule has 0 bridgehead atoms. The van der Waals surface area contributed by atoms with Crippen LogP contribution >= 0.6 is 0 Å². The highest BCUT2D eigenvalue weighted by atomic mass is 32.2. The first-order chi connectivity index (χ1) is 9.58. The Morgan fingerprint density at radius 3 is 2.70 bits per heavy atom. The molecule has 6 nitrogen and oxygen atoms in total. The summed E-state index contributed by atoms with van der Waals surface area (Å²) < 4.78 is 33.8. The van der Waals surface area contributed by atoms with E-state index in [4.69, 9.17) is 4.74 Å². The van der Waals surface area contributed by atoms with Crippen molar-refractivity contribution in [3.63, 3.8) is 0 Å². The number of nitrogens with zero attached hydrogens (tertiary/aromatic N) is 1. The quantitative estimate of drug-likeness (QED) is 0.811. The first-order valence-electron chi connectivity index (χ1n) is 6.69. The molecule has 20 heavy (non-hydrogen) atoms. The van der Waals surface area contributed by atoms with Crippen molar-refractivity contribution in [3.05, 3.63) is 35.4 Å². The van der Waals surface area contributed by atoms with E-state index in [2.05, 4.69) is 4.72 Å². The summed E-state index contributed by atoms with van der Waals surface area (Å²) in [6, 6.07) is 6.95. The molecule has 0 radical (unpaired) electrons. The molecule has 1 fully saturated rings. The minimum Gasteiger partial charge on any atom is -0.391 e. The number of ether oxygens (including phenoxy) is 1. The molecule has 3 rings (SSSR count). The van der Waals surface area contributed by atoms with Crippen LogP contribution in [0.4, 0.5) is 0 Å². The fourth-order valence-electron chi connectivity index (χ4n) is 2.74. The third kappa shape index (κ3) is 2.59. The predicted octanol–water partition coefficient (Wildman–Crippen LogP) is -0.189. The highest BCUT2D eigenvalue weighted by molar-refractivity contribution is 7.87. The van der Waals surface area contributed by atoms with Gasteiger partial charge in [0.05, 0.1) is 25.4 Å². The molecule has 1 heterocycles. The summed E-state index contributed by atoms with van der Waals surface area (Å²) in [5.41, 5.74) is 1.85. The molecular formula is C13H18N2O4S. The Hall–Kier alpha value is -0.990. The summed E-state index contributed by atoms with van der Waals surface area (Å²) in [5.74, 6) is 0. The van der Waals surface area contributed by atoms with E-state index in [0.717, 1.165) is 11.1 Å². The Morgan fingerprint density at radius 2 is 1.95 bits per heavy atom. The van der Waals surface area contributed by atoms with E-state index in [-0.39, 0.29) is 0 Å². The summed E-state index contributed by atoms with van der Waals surface area (Å²) >= 11 is 0. The van der Waals surface area contributed by atoms with Crippen LogP contribution < -0.4 is 4.72 Å². The smallest absolute Gasteiger partial charge is 0.280 e. The number of fused-ring (bicyclic) bond motifs is 1. The first kappa shape index (κ1) is 14.0. The van der Waals surface area contributed by atoms with Gasteiger partial charge >= 0.3 is 0 Å². The SMILES string of the molecule is O=S(=O)(N[C@@H]1c2ccccc2C[C@@H]1O)N1CCOCC1. The zero-order valence-electron chi connectivity index (χ0n) is 11.0. The van der Waals surface area contributed by atoms with Crippen LogP contribution in [-0.2, 0) is 21.4 Å². The van der Waals surface area contributed by atoms with Gasteiger partial charge in [0.15, 0.2) is 0 Å². The van der Waals surface area contributed by atoms with E-state index in [9.17, 15) is 13.5 Å². The summed E-state index contributed by atoms with van der Waals surface area (Å²) in [6.07, 6.45) is -0.241. The minimum atomic E-state index is -3.60. The van der Waals surface area contributed by atoms with Crippen LogP contribution in [0.1, 0.15) is 17.2 Å². The van der Waals surface area contributed by atoms with Gasteiger partial charge in [-0.15, -0.1) is 0 Å². The zero-order valence-corrected chi connectivity index (χ0v) is 11.8. The molecule has 0 saturated carbocycles. The van der Waals surface area contributed by atoms with E-state index in [1.165, 1.54) is 4.31 Å². The molecule has 1 saturated heterocycles. The van der Waals surface area contributed by atoms with Gasteiger partial charge in [-0.2, -0.15) is 17.4 Å². The van der Waals surface area contributed by atoms with Crippen LogP contribution in [0.3, 0.4) is 0 Å². The van der Waals surface area contributed by atoms with Gasteiger partial charge in [0, 0.05) is 19.5 Å². The maximum atomic E-state index is 12.3. The number of rotatable bonds is 3. The fourth-order valence-corrected chi connectivity index (χ4v) is 4.12. The molecule has 7 heteroatoms. The standard InChI is InChI=1S/C13H18N2O4S/c16-12-9-10-3-1-2-4-11(10)13(12)14-20(17,18)15-5-7-19-8-6-15/h1-4,12-14,16H,5-9H2/t12-,13+/m0/s1. The number of morpholine rings is 1. The average molecular weight is 298 g/mol. The van der Waals surface area contributed by atoms with E-state index < -0.39 is 22.4 Å². The molecule has 1 aliphatic heterocycles. The van der Waals surface area contributed by atoms with Crippen molar-refractivity contribution in [2.75, 3.05) is 26.3 Å². The predicted molar refractivity (Wildman–Crippen MR) is 73.3 cm³/mol. The molecule has 0 spiro atoms. The lowest BCUT2D eigenvalue weighted by Crippen LogP contribution is -2.48. The van der Waals surface area contributed by atoms with Gasteiger partial charge in [0.25, 0.3) is 10.2 Å².